The maximum absolute atomic E-state index is 11.0. The van der Waals surface area contributed by atoms with Gasteiger partial charge in [-0.2, -0.15) is 0 Å². The lowest BCUT2D eigenvalue weighted by atomic mass is 10.2. The second kappa shape index (κ2) is 7.59. The Balaban J connectivity index is 1.83. The summed E-state index contributed by atoms with van der Waals surface area (Å²) < 4.78 is 10.1. The normalized spacial score (nSPS) is 10.8. The van der Waals surface area contributed by atoms with Crippen molar-refractivity contribution in [2.24, 2.45) is 0 Å². The molecule has 21 heavy (non-hydrogen) atoms. The van der Waals surface area contributed by atoms with E-state index in [1.807, 2.05) is 37.4 Å². The number of hydrogen-bond donors (Lipinski definition) is 0. The first kappa shape index (κ1) is 15.3. The van der Waals surface area contributed by atoms with Crippen molar-refractivity contribution in [1.82, 2.24) is 9.88 Å². The molecule has 2 aromatic rings. The summed E-state index contributed by atoms with van der Waals surface area (Å²) in [7, 11) is 3.40. The molecule has 1 heterocycles. The van der Waals surface area contributed by atoms with Crippen LogP contribution >= 0.6 is 0 Å². The number of esters is 1. The molecule has 0 spiro atoms. The van der Waals surface area contributed by atoms with Gasteiger partial charge in [0, 0.05) is 18.5 Å². The highest BCUT2D eigenvalue weighted by molar-refractivity contribution is 5.69. The van der Waals surface area contributed by atoms with Gasteiger partial charge in [-0.3, -0.25) is 4.79 Å². The molecule has 0 saturated carbocycles. The van der Waals surface area contributed by atoms with Crippen molar-refractivity contribution in [2.45, 2.75) is 19.4 Å². The molecule has 1 aromatic carbocycles. The van der Waals surface area contributed by atoms with E-state index in [0.717, 1.165) is 24.2 Å². The Labute approximate surface area is 124 Å². The number of rotatable bonds is 7. The molecular weight excluding hydrogens is 268 g/mol. The number of hydrogen-bond acceptors (Lipinski definition) is 5. The van der Waals surface area contributed by atoms with Crippen molar-refractivity contribution >= 4 is 5.97 Å². The third-order valence-corrected chi connectivity index (χ3v) is 3.15. The second-order valence-electron chi connectivity index (χ2n) is 4.93. The van der Waals surface area contributed by atoms with Crippen LogP contribution in [0.1, 0.15) is 18.5 Å². The monoisotopic (exact) mass is 288 g/mol. The first-order valence-electron chi connectivity index (χ1n) is 6.94. The van der Waals surface area contributed by atoms with Crippen LogP contribution in [0.5, 0.6) is 0 Å². The van der Waals surface area contributed by atoms with Gasteiger partial charge in [0.2, 0.25) is 5.89 Å². The second-order valence-corrected chi connectivity index (χ2v) is 4.93. The predicted octanol–water partition coefficient (Wildman–Crippen LogP) is 2.73. The van der Waals surface area contributed by atoms with Gasteiger partial charge in [0.25, 0.3) is 0 Å². The molecule has 2 rings (SSSR count). The Morgan fingerprint density at radius 3 is 2.81 bits per heavy atom. The summed E-state index contributed by atoms with van der Waals surface area (Å²) in [4.78, 5) is 17.6. The van der Waals surface area contributed by atoms with E-state index in [0.29, 0.717) is 18.9 Å². The largest absolute Gasteiger partial charge is 0.469 e. The Morgan fingerprint density at radius 2 is 2.10 bits per heavy atom. The fourth-order valence-corrected chi connectivity index (χ4v) is 2.04. The van der Waals surface area contributed by atoms with Crippen molar-refractivity contribution in [3.05, 3.63) is 42.3 Å². The van der Waals surface area contributed by atoms with E-state index >= 15 is 0 Å². The Hall–Kier alpha value is -2.14. The van der Waals surface area contributed by atoms with E-state index in [2.05, 4.69) is 14.6 Å². The molecule has 0 saturated heterocycles. The molecule has 0 bridgehead atoms. The van der Waals surface area contributed by atoms with E-state index in [-0.39, 0.29) is 5.97 Å². The molecular formula is C16H20N2O3. The summed E-state index contributed by atoms with van der Waals surface area (Å²) in [6.07, 6.45) is 2.89. The highest BCUT2D eigenvalue weighted by Gasteiger charge is 2.09. The molecule has 0 aliphatic rings. The number of carbonyl (C=O) groups excluding carboxylic acids is 1. The van der Waals surface area contributed by atoms with Crippen LogP contribution in [0.2, 0.25) is 0 Å². The average molecular weight is 288 g/mol. The highest BCUT2D eigenvalue weighted by atomic mass is 16.5. The maximum Gasteiger partial charge on any atom is 0.305 e. The van der Waals surface area contributed by atoms with Gasteiger partial charge in [0.05, 0.1) is 12.8 Å². The van der Waals surface area contributed by atoms with Crippen LogP contribution in [0.4, 0.5) is 0 Å². The summed E-state index contributed by atoms with van der Waals surface area (Å²) in [6, 6.07) is 9.81. The van der Waals surface area contributed by atoms with Crippen LogP contribution in [0.25, 0.3) is 11.5 Å². The van der Waals surface area contributed by atoms with Gasteiger partial charge in [-0.15, -0.1) is 0 Å². The summed E-state index contributed by atoms with van der Waals surface area (Å²) in [5.41, 5.74) is 1.85. The number of nitrogens with zero attached hydrogens (tertiary/aromatic N) is 2. The van der Waals surface area contributed by atoms with Gasteiger partial charge in [0.15, 0.2) is 0 Å². The van der Waals surface area contributed by atoms with Gasteiger partial charge in [-0.25, -0.2) is 4.98 Å². The van der Waals surface area contributed by atoms with E-state index in [4.69, 9.17) is 4.42 Å². The summed E-state index contributed by atoms with van der Waals surface area (Å²) >= 11 is 0. The molecule has 0 unspecified atom stereocenters. The number of carbonyl (C=O) groups is 1. The smallest absolute Gasteiger partial charge is 0.305 e. The molecule has 0 N–H and O–H groups in total. The molecule has 0 fully saturated rings. The summed E-state index contributed by atoms with van der Waals surface area (Å²) in [5, 5.41) is 0. The SMILES string of the molecule is COC(=O)CCCN(C)Cc1coc(-c2ccccc2)n1. The fraction of sp³-hybridized carbons (Fsp3) is 0.375. The molecule has 0 aliphatic carbocycles. The van der Waals surface area contributed by atoms with Crippen molar-refractivity contribution in [3.8, 4) is 11.5 Å². The highest BCUT2D eigenvalue weighted by Crippen LogP contribution is 2.18. The number of methoxy groups -OCH3 is 1. The Kier molecular flexibility index (Phi) is 5.51. The van der Waals surface area contributed by atoms with Gasteiger partial charge in [-0.1, -0.05) is 18.2 Å². The van der Waals surface area contributed by atoms with Crippen molar-refractivity contribution in [3.63, 3.8) is 0 Å². The lowest BCUT2D eigenvalue weighted by Crippen LogP contribution is -2.20. The van der Waals surface area contributed by atoms with E-state index in [9.17, 15) is 4.79 Å². The Morgan fingerprint density at radius 1 is 1.33 bits per heavy atom. The molecule has 112 valence electrons. The number of benzene rings is 1. The molecule has 5 nitrogen and oxygen atoms in total. The quantitative estimate of drug-likeness (QED) is 0.733. The fourth-order valence-electron chi connectivity index (χ4n) is 2.04. The Bertz CT molecular complexity index is 566. The zero-order valence-corrected chi connectivity index (χ0v) is 12.4. The van der Waals surface area contributed by atoms with Gasteiger partial charge in [-0.05, 0) is 32.1 Å². The predicted molar refractivity (Wildman–Crippen MR) is 79.5 cm³/mol. The van der Waals surface area contributed by atoms with Crippen LogP contribution in [-0.2, 0) is 16.1 Å². The van der Waals surface area contributed by atoms with Gasteiger partial charge < -0.3 is 14.1 Å². The minimum Gasteiger partial charge on any atom is -0.469 e. The zero-order chi connectivity index (χ0) is 15.1. The minimum atomic E-state index is -0.170. The van der Waals surface area contributed by atoms with Crippen LogP contribution in [0.3, 0.4) is 0 Å². The first-order chi connectivity index (χ1) is 10.2. The van der Waals surface area contributed by atoms with Gasteiger partial charge in [0.1, 0.15) is 6.26 Å². The number of oxazole rings is 1. The molecule has 0 amide bonds. The van der Waals surface area contributed by atoms with E-state index in [1.54, 1.807) is 6.26 Å². The third kappa shape index (κ3) is 4.72. The van der Waals surface area contributed by atoms with Gasteiger partial charge >= 0.3 is 5.97 Å². The molecule has 0 radical (unpaired) electrons. The average Bonchev–Trinajstić information content (AvgIpc) is 2.96. The lowest BCUT2D eigenvalue weighted by Gasteiger charge is -2.13. The van der Waals surface area contributed by atoms with Crippen molar-refractivity contribution < 1.29 is 13.9 Å². The molecule has 0 aliphatic heterocycles. The van der Waals surface area contributed by atoms with E-state index in [1.165, 1.54) is 7.11 Å². The summed E-state index contributed by atoms with van der Waals surface area (Å²) in [6.45, 7) is 1.50. The lowest BCUT2D eigenvalue weighted by molar-refractivity contribution is -0.140. The topological polar surface area (TPSA) is 55.6 Å². The third-order valence-electron chi connectivity index (χ3n) is 3.15. The molecule has 0 atom stereocenters. The van der Waals surface area contributed by atoms with Crippen molar-refractivity contribution in [2.75, 3.05) is 20.7 Å². The molecule has 1 aromatic heterocycles. The van der Waals surface area contributed by atoms with Crippen LogP contribution in [0.15, 0.2) is 41.0 Å². The standard InChI is InChI=1S/C16H20N2O3/c1-18(10-6-9-15(19)20-2)11-14-12-21-16(17-14)13-7-4-3-5-8-13/h3-5,7-8,12H,6,9-11H2,1-2H3. The van der Waals surface area contributed by atoms with E-state index < -0.39 is 0 Å². The number of aromatic nitrogens is 1. The molecule has 5 heteroatoms. The van der Waals surface area contributed by atoms with Crippen molar-refractivity contribution in [1.29, 1.82) is 0 Å². The summed E-state index contributed by atoms with van der Waals surface area (Å²) in [5.74, 6) is 0.463. The zero-order valence-electron chi connectivity index (χ0n) is 12.4. The van der Waals surface area contributed by atoms with Crippen LogP contribution in [0, 0.1) is 0 Å². The minimum absolute atomic E-state index is 0.170. The number of ether oxygens (including phenoxy) is 1. The van der Waals surface area contributed by atoms with Crippen LogP contribution in [-0.4, -0.2) is 36.6 Å². The maximum atomic E-state index is 11.0. The van der Waals surface area contributed by atoms with Crippen LogP contribution < -0.4 is 0 Å². The first-order valence-corrected chi connectivity index (χ1v) is 6.94.